The molecule has 1 amide bonds. The van der Waals surface area contributed by atoms with Gasteiger partial charge in [-0.05, 0) is 66.6 Å². The van der Waals surface area contributed by atoms with Crippen molar-refractivity contribution >= 4 is 23.2 Å². The highest BCUT2D eigenvalue weighted by Gasteiger charge is 2.11. The smallest absolute Gasteiger partial charge is 0.275 e. The minimum atomic E-state index is -0.334. The molecule has 7 nitrogen and oxygen atoms in total. The molecule has 1 heterocycles. The Hall–Kier alpha value is -4.13. The zero-order valence-electron chi connectivity index (χ0n) is 17.3. The number of benzene rings is 3. The van der Waals surface area contributed by atoms with Crippen molar-refractivity contribution in [2.24, 2.45) is 5.10 Å². The summed E-state index contributed by atoms with van der Waals surface area (Å²) in [5.74, 6) is 1.66. The molecule has 7 heteroatoms. The lowest BCUT2D eigenvalue weighted by atomic mass is 10.1. The van der Waals surface area contributed by atoms with E-state index in [1.165, 1.54) is 7.11 Å². The second kappa shape index (κ2) is 9.13. The minimum Gasteiger partial charge on any atom is -0.496 e. The molecule has 0 aliphatic heterocycles. The number of nitrogens with zero attached hydrogens (tertiary/aromatic N) is 2. The fraction of sp³-hybridized carbons (Fsp3) is 0.125. The van der Waals surface area contributed by atoms with Crippen molar-refractivity contribution in [3.05, 3.63) is 89.2 Å². The van der Waals surface area contributed by atoms with Gasteiger partial charge >= 0.3 is 0 Å². The first-order valence-electron chi connectivity index (χ1n) is 9.77. The number of aryl methyl sites for hydroxylation is 1. The first kappa shape index (κ1) is 20.2. The molecular weight excluding hydrogens is 392 g/mol. The molecule has 0 aliphatic carbocycles. The predicted molar refractivity (Wildman–Crippen MR) is 120 cm³/mol. The first-order chi connectivity index (χ1) is 15.1. The molecule has 2 N–H and O–H groups in total. The SMILES string of the molecule is COc1cc(C)ccc1C(=O)N/N=C\c1ccc(OCc2nc3ccccc3[nH]2)cc1. The Kier molecular flexibility index (Phi) is 5.93. The summed E-state index contributed by atoms with van der Waals surface area (Å²) in [4.78, 5) is 20.1. The van der Waals surface area contributed by atoms with Crippen molar-refractivity contribution in [3.8, 4) is 11.5 Å². The molecule has 0 unspecified atom stereocenters. The fourth-order valence-corrected chi connectivity index (χ4v) is 3.09. The number of hydrazone groups is 1. The Morgan fingerprint density at radius 3 is 2.71 bits per heavy atom. The van der Waals surface area contributed by atoms with Crippen LogP contribution in [0.25, 0.3) is 11.0 Å². The van der Waals surface area contributed by atoms with E-state index in [0.717, 1.165) is 28.0 Å². The predicted octanol–water partition coefficient (Wildman–Crippen LogP) is 4.22. The molecule has 0 aliphatic rings. The van der Waals surface area contributed by atoms with Crippen LogP contribution in [-0.4, -0.2) is 29.2 Å². The number of ether oxygens (including phenoxy) is 2. The van der Waals surface area contributed by atoms with E-state index in [1.807, 2.05) is 67.6 Å². The van der Waals surface area contributed by atoms with Crippen LogP contribution < -0.4 is 14.9 Å². The number of hydrogen-bond donors (Lipinski definition) is 2. The third kappa shape index (κ3) is 4.90. The van der Waals surface area contributed by atoms with Crippen LogP contribution in [0.2, 0.25) is 0 Å². The molecule has 0 saturated heterocycles. The lowest BCUT2D eigenvalue weighted by Gasteiger charge is -2.07. The number of aromatic amines is 1. The van der Waals surface area contributed by atoms with Crippen LogP contribution in [-0.2, 0) is 6.61 Å². The molecule has 0 atom stereocenters. The highest BCUT2D eigenvalue weighted by atomic mass is 16.5. The van der Waals surface area contributed by atoms with Gasteiger partial charge in [-0.2, -0.15) is 5.10 Å². The summed E-state index contributed by atoms with van der Waals surface area (Å²) in [6.07, 6.45) is 1.57. The monoisotopic (exact) mass is 414 g/mol. The van der Waals surface area contributed by atoms with Gasteiger partial charge in [0.05, 0.1) is 29.9 Å². The van der Waals surface area contributed by atoms with E-state index in [0.29, 0.717) is 23.7 Å². The topological polar surface area (TPSA) is 88.6 Å². The first-order valence-corrected chi connectivity index (χ1v) is 9.77. The van der Waals surface area contributed by atoms with Crippen molar-refractivity contribution in [1.29, 1.82) is 0 Å². The summed E-state index contributed by atoms with van der Waals surface area (Å²) >= 11 is 0. The van der Waals surface area contributed by atoms with Gasteiger partial charge in [0, 0.05) is 0 Å². The summed E-state index contributed by atoms with van der Waals surface area (Å²) in [6, 6.07) is 20.6. The fourth-order valence-electron chi connectivity index (χ4n) is 3.09. The number of aromatic nitrogens is 2. The molecule has 4 aromatic rings. The molecule has 0 spiro atoms. The van der Waals surface area contributed by atoms with Crippen molar-refractivity contribution < 1.29 is 14.3 Å². The molecule has 0 bridgehead atoms. The number of imidazole rings is 1. The third-order valence-electron chi connectivity index (χ3n) is 4.68. The maximum absolute atomic E-state index is 12.3. The molecule has 4 rings (SSSR count). The molecular formula is C24H22N4O3. The van der Waals surface area contributed by atoms with Crippen LogP contribution in [0.3, 0.4) is 0 Å². The van der Waals surface area contributed by atoms with E-state index in [9.17, 15) is 4.79 Å². The number of fused-ring (bicyclic) bond motifs is 1. The highest BCUT2D eigenvalue weighted by Crippen LogP contribution is 2.20. The van der Waals surface area contributed by atoms with E-state index in [-0.39, 0.29) is 5.91 Å². The number of amides is 1. The Balaban J connectivity index is 1.32. The number of hydrogen-bond acceptors (Lipinski definition) is 5. The van der Waals surface area contributed by atoms with Gasteiger partial charge in [-0.15, -0.1) is 0 Å². The number of methoxy groups -OCH3 is 1. The number of nitrogens with one attached hydrogen (secondary N) is 2. The lowest BCUT2D eigenvalue weighted by Crippen LogP contribution is -2.18. The maximum Gasteiger partial charge on any atom is 0.275 e. The zero-order valence-corrected chi connectivity index (χ0v) is 17.3. The van der Waals surface area contributed by atoms with E-state index in [2.05, 4.69) is 20.5 Å². The Morgan fingerprint density at radius 1 is 1.13 bits per heavy atom. The normalized spacial score (nSPS) is 11.0. The standard InChI is InChI=1S/C24H22N4O3/c1-16-7-12-19(22(13-16)30-2)24(29)28-25-14-17-8-10-18(11-9-17)31-15-23-26-20-5-3-4-6-21(20)27-23/h3-14H,15H2,1-2H3,(H,26,27)(H,28,29)/b25-14-. The van der Waals surface area contributed by atoms with Crippen LogP contribution in [0.4, 0.5) is 0 Å². The van der Waals surface area contributed by atoms with E-state index in [1.54, 1.807) is 12.3 Å². The van der Waals surface area contributed by atoms with Crippen molar-refractivity contribution in [2.45, 2.75) is 13.5 Å². The lowest BCUT2D eigenvalue weighted by molar-refractivity contribution is 0.0952. The summed E-state index contributed by atoms with van der Waals surface area (Å²) < 4.78 is 11.1. The number of carbonyl (C=O) groups excluding carboxylic acids is 1. The van der Waals surface area contributed by atoms with Crippen LogP contribution in [0.1, 0.15) is 27.3 Å². The van der Waals surface area contributed by atoms with Gasteiger partial charge in [-0.3, -0.25) is 4.79 Å². The van der Waals surface area contributed by atoms with E-state index < -0.39 is 0 Å². The van der Waals surface area contributed by atoms with Gasteiger partial charge < -0.3 is 14.5 Å². The van der Waals surface area contributed by atoms with Gasteiger partial charge in [-0.25, -0.2) is 10.4 Å². The van der Waals surface area contributed by atoms with Crippen LogP contribution in [0, 0.1) is 6.92 Å². The van der Waals surface area contributed by atoms with Crippen LogP contribution in [0.5, 0.6) is 11.5 Å². The molecule has 1 aromatic heterocycles. The minimum absolute atomic E-state index is 0.334. The highest BCUT2D eigenvalue weighted by molar-refractivity contribution is 5.97. The average Bonchev–Trinajstić information content (AvgIpc) is 3.21. The summed E-state index contributed by atoms with van der Waals surface area (Å²) in [5.41, 5.74) is 6.69. The second-order valence-corrected chi connectivity index (χ2v) is 6.96. The van der Waals surface area contributed by atoms with Crippen molar-refractivity contribution in [3.63, 3.8) is 0 Å². The van der Waals surface area contributed by atoms with Crippen molar-refractivity contribution in [2.75, 3.05) is 7.11 Å². The summed E-state index contributed by atoms with van der Waals surface area (Å²) in [6.45, 7) is 2.28. The largest absolute Gasteiger partial charge is 0.496 e. The summed E-state index contributed by atoms with van der Waals surface area (Å²) in [7, 11) is 1.53. The second-order valence-electron chi connectivity index (χ2n) is 6.96. The third-order valence-corrected chi connectivity index (χ3v) is 4.68. The maximum atomic E-state index is 12.3. The Labute approximate surface area is 179 Å². The van der Waals surface area contributed by atoms with Gasteiger partial charge in [0.2, 0.25) is 0 Å². The Morgan fingerprint density at radius 2 is 1.94 bits per heavy atom. The van der Waals surface area contributed by atoms with E-state index >= 15 is 0 Å². The Bertz CT molecular complexity index is 1200. The van der Waals surface area contributed by atoms with Gasteiger partial charge in [0.25, 0.3) is 5.91 Å². The quantitative estimate of drug-likeness (QED) is 0.350. The molecule has 31 heavy (non-hydrogen) atoms. The molecule has 3 aromatic carbocycles. The van der Waals surface area contributed by atoms with Gasteiger partial charge in [-0.1, -0.05) is 18.2 Å². The molecule has 0 saturated carbocycles. The summed E-state index contributed by atoms with van der Waals surface area (Å²) in [5, 5.41) is 4.03. The number of rotatable bonds is 7. The van der Waals surface area contributed by atoms with Crippen LogP contribution >= 0.6 is 0 Å². The zero-order chi connectivity index (χ0) is 21.6. The van der Waals surface area contributed by atoms with E-state index in [4.69, 9.17) is 9.47 Å². The average molecular weight is 414 g/mol. The van der Waals surface area contributed by atoms with Crippen LogP contribution in [0.15, 0.2) is 71.8 Å². The van der Waals surface area contributed by atoms with Gasteiger partial charge in [0.15, 0.2) is 0 Å². The molecule has 0 fully saturated rings. The molecule has 0 radical (unpaired) electrons. The van der Waals surface area contributed by atoms with Crippen molar-refractivity contribution in [1.82, 2.24) is 15.4 Å². The number of para-hydroxylation sites is 2. The van der Waals surface area contributed by atoms with Gasteiger partial charge in [0.1, 0.15) is 23.9 Å². The molecule has 156 valence electrons. The number of carbonyl (C=O) groups is 1. The number of H-pyrrole nitrogens is 1.